The van der Waals surface area contributed by atoms with Crippen molar-refractivity contribution in [3.05, 3.63) is 78.9 Å². The minimum atomic E-state index is -5.27. The zero-order valence-electron chi connectivity index (χ0n) is 57.1. The highest BCUT2D eigenvalue weighted by Gasteiger charge is 2.64. The molecule has 4 aromatic rings. The third kappa shape index (κ3) is 18.2. The van der Waals surface area contributed by atoms with Gasteiger partial charge in [-0.25, -0.2) is 8.42 Å². The number of halogens is 3. The van der Waals surface area contributed by atoms with Crippen molar-refractivity contribution in [1.82, 2.24) is 4.90 Å². The first-order valence-electron chi connectivity index (χ1n) is 33.0. The molecular formula is C73H100F3NO14S2. The lowest BCUT2D eigenvalue weighted by molar-refractivity contribution is -0.239. The molecule has 3 aromatic carbocycles. The fourth-order valence-corrected chi connectivity index (χ4v) is 16.6. The van der Waals surface area contributed by atoms with E-state index in [9.17, 15) is 60.0 Å². The molecule has 5 unspecified atom stereocenters. The van der Waals surface area contributed by atoms with Crippen molar-refractivity contribution in [1.29, 1.82) is 0 Å². The standard InChI is InChI=1S/C20H29F3O7S.C18H13S.C14H26O3.C12H22O2.C9H11NO2/c1-4-17(2,3)15(24)30-19-8-12-5-13(9-19)7-18(6-12,11-19)16(25)29-14(20(21,22)23)10-31(26,27)28;1-2-8-14(9-3-1)19-17-12-6-4-10-15(17)16-11-5-7-13-18(16)19;1-6-12(2,3)11(15)17-14(13(4,5)16)9-7-8-10-14;1-5-11(2,3)10(13)14-12(4)8-6-7-9-12;1-4-5-10-8(11)6(2)7(3)9(10)12/h12-14H,4-11H2,1-3H3,(H,26,27,28);1-13H;16H,6-10H2,1-5H3;5-9H2,1-4H3;1,6-7H,5H2,2-3H3/q;+1;;;/p-1. The molecule has 0 spiro atoms. The summed E-state index contributed by atoms with van der Waals surface area (Å²) in [4.78, 5) is 74.9. The molecule has 7 aliphatic rings. The number of ether oxygens (including phenoxy) is 4. The number of alkyl halides is 3. The fraction of sp³-hybridized carbons (Fsp3) is 0.644. The molecule has 1 aromatic heterocycles. The summed E-state index contributed by atoms with van der Waals surface area (Å²) < 4.78 is 97.3. The Kier molecular flexibility index (Phi) is 24.3. The lowest BCUT2D eigenvalue weighted by atomic mass is 9.48. The molecule has 5 atom stereocenters. The monoisotopic (exact) mass is 1340 g/mol. The van der Waals surface area contributed by atoms with Gasteiger partial charge in [-0.1, -0.05) is 83.0 Å². The number of imide groups is 1. The summed E-state index contributed by atoms with van der Waals surface area (Å²) in [6.45, 7) is 26.2. The quantitative estimate of drug-likeness (QED) is 0.0275. The van der Waals surface area contributed by atoms with Gasteiger partial charge in [0.05, 0.1) is 49.7 Å². The zero-order valence-corrected chi connectivity index (χ0v) is 58.7. The van der Waals surface area contributed by atoms with Gasteiger partial charge in [-0.3, -0.25) is 33.7 Å². The van der Waals surface area contributed by atoms with Gasteiger partial charge < -0.3 is 28.6 Å². The van der Waals surface area contributed by atoms with E-state index in [1.807, 2.05) is 48.5 Å². The number of thiophene rings is 1. The van der Waals surface area contributed by atoms with Crippen LogP contribution in [0.25, 0.3) is 25.1 Å². The van der Waals surface area contributed by atoms with Crippen LogP contribution >= 0.6 is 10.5 Å². The third-order valence-electron chi connectivity index (χ3n) is 20.6. The van der Waals surface area contributed by atoms with Crippen LogP contribution in [0.1, 0.15) is 206 Å². The summed E-state index contributed by atoms with van der Waals surface area (Å²) in [5, 5.41) is 13.1. The van der Waals surface area contributed by atoms with Crippen molar-refractivity contribution >= 4 is 76.5 Å². The van der Waals surface area contributed by atoms with Crippen LogP contribution in [0.3, 0.4) is 0 Å². The van der Waals surface area contributed by atoms with Crippen LogP contribution in [0.15, 0.2) is 78.9 Å². The van der Waals surface area contributed by atoms with E-state index in [2.05, 4.69) is 96.4 Å². The molecule has 514 valence electrons. The van der Waals surface area contributed by atoms with E-state index in [-0.39, 0.29) is 81.9 Å². The van der Waals surface area contributed by atoms with Gasteiger partial charge in [-0.2, -0.15) is 13.2 Å². The molecule has 6 aliphatic carbocycles. The van der Waals surface area contributed by atoms with Gasteiger partial charge >= 0.3 is 30.1 Å². The van der Waals surface area contributed by atoms with Crippen molar-refractivity contribution < 1.29 is 79.0 Å². The Morgan fingerprint density at radius 2 is 1.10 bits per heavy atom. The molecule has 4 bridgehead atoms. The molecule has 2 amide bonds. The summed E-state index contributed by atoms with van der Waals surface area (Å²) in [6.07, 6.45) is 9.47. The second kappa shape index (κ2) is 29.6. The number of amides is 2. The van der Waals surface area contributed by atoms with E-state index >= 15 is 0 Å². The Morgan fingerprint density at radius 3 is 1.52 bits per heavy atom. The highest BCUT2D eigenvalue weighted by molar-refractivity contribution is 7.85. The summed E-state index contributed by atoms with van der Waals surface area (Å²) in [5.74, 6) is -2.10. The molecule has 20 heteroatoms. The fourth-order valence-electron chi connectivity index (χ4n) is 13.6. The number of esters is 4. The molecule has 15 nitrogen and oxygen atoms in total. The van der Waals surface area contributed by atoms with E-state index in [0.717, 1.165) is 62.7 Å². The molecule has 2 heterocycles. The largest absolute Gasteiger partial charge is 0.748 e. The zero-order chi connectivity index (χ0) is 69.6. The topological polar surface area (TPSA) is 220 Å². The van der Waals surface area contributed by atoms with Gasteiger partial charge in [0.2, 0.25) is 17.9 Å². The first-order chi connectivity index (χ1) is 43.1. The van der Waals surface area contributed by atoms with Gasteiger partial charge in [0.25, 0.3) is 0 Å². The Labute approximate surface area is 552 Å². The van der Waals surface area contributed by atoms with Gasteiger partial charge in [-0.15, -0.1) is 6.42 Å². The maximum absolute atomic E-state index is 13.3. The number of carbonyl (C=O) groups is 6. The van der Waals surface area contributed by atoms with Crippen LogP contribution in [-0.2, 0) is 57.8 Å². The summed E-state index contributed by atoms with van der Waals surface area (Å²) in [6, 6.07) is 28.4. The first kappa shape index (κ1) is 76.1. The SMILES string of the molecule is C#CCN1C(=O)C(C)C(C)C1=O.CCC(C)(C)C(=O)OC1(C(C)(C)O)CCCC1.CCC(C)(C)C(=O)OC1(C)CCCC1.CCC(C)(C)C(=O)OC12CC3CC(C1)CC(C(=O)OC(CS(=O)(=O)[O-])C(F)(F)F)(C3)C2.c1ccc(-[s+]2c3ccccc3c3ccccc32)cc1. The summed E-state index contributed by atoms with van der Waals surface area (Å²) in [5.41, 5.74) is -5.59. The Hall–Kier alpha value is -5.88. The number of fused-ring (bicyclic) bond motifs is 3. The number of benzene rings is 3. The number of terminal acetylenes is 1. The van der Waals surface area contributed by atoms with Crippen LogP contribution < -0.4 is 0 Å². The van der Waals surface area contributed by atoms with Crippen molar-refractivity contribution in [3.63, 3.8) is 0 Å². The van der Waals surface area contributed by atoms with Crippen LogP contribution in [-0.4, -0.2) is 106 Å². The highest BCUT2D eigenvalue weighted by Crippen LogP contribution is 2.64. The van der Waals surface area contributed by atoms with Crippen molar-refractivity contribution in [2.75, 3.05) is 12.3 Å². The number of aliphatic hydroxyl groups is 1. The third-order valence-corrected chi connectivity index (χ3v) is 23.7. The van der Waals surface area contributed by atoms with Crippen LogP contribution in [0.5, 0.6) is 0 Å². The number of rotatable bonds is 16. The van der Waals surface area contributed by atoms with Gasteiger partial charge in [0.1, 0.15) is 16.8 Å². The molecule has 7 fully saturated rings. The number of carbonyl (C=O) groups excluding carboxylic acids is 6. The average molecular weight is 1340 g/mol. The molecule has 11 rings (SSSR count). The van der Waals surface area contributed by atoms with Gasteiger partial charge in [0, 0.05) is 39.5 Å². The molecule has 0 radical (unpaired) electrons. The van der Waals surface area contributed by atoms with Crippen molar-refractivity contribution in [2.45, 2.75) is 241 Å². The normalized spacial score (nSPS) is 24.2. The lowest BCUT2D eigenvalue weighted by Gasteiger charge is -2.60. The van der Waals surface area contributed by atoms with Crippen LogP contribution in [0.2, 0.25) is 0 Å². The molecule has 1 N–H and O–H groups in total. The van der Waals surface area contributed by atoms with Crippen LogP contribution in [0, 0.1) is 57.7 Å². The summed E-state index contributed by atoms with van der Waals surface area (Å²) >= 11 is 0. The minimum Gasteiger partial charge on any atom is -0.748 e. The predicted octanol–water partition coefficient (Wildman–Crippen LogP) is 15.7. The Bertz CT molecular complexity index is 3370. The van der Waals surface area contributed by atoms with E-state index in [0.29, 0.717) is 32.1 Å². The smallest absolute Gasteiger partial charge is 0.426 e. The molecular weight excluding hydrogens is 1240 g/mol. The maximum atomic E-state index is 13.3. The first-order valence-corrected chi connectivity index (χ1v) is 35.8. The summed E-state index contributed by atoms with van der Waals surface area (Å²) in [7, 11) is -5.21. The molecule has 1 aliphatic heterocycles. The minimum absolute atomic E-state index is 0.00100. The van der Waals surface area contributed by atoms with Crippen molar-refractivity contribution in [3.8, 4) is 17.2 Å². The Morgan fingerprint density at radius 1 is 0.677 bits per heavy atom. The van der Waals surface area contributed by atoms with E-state index in [4.69, 9.17) is 20.6 Å². The van der Waals surface area contributed by atoms with Crippen molar-refractivity contribution in [2.24, 2.45) is 45.3 Å². The lowest BCUT2D eigenvalue weighted by Crippen LogP contribution is -2.61. The average Bonchev–Trinajstić information content (AvgIpc) is 1.62. The van der Waals surface area contributed by atoms with Gasteiger partial charge in [0.15, 0.2) is 14.3 Å². The van der Waals surface area contributed by atoms with Gasteiger partial charge in [-0.05, 0) is 213 Å². The highest BCUT2D eigenvalue weighted by atomic mass is 32.2. The number of nitrogens with zero attached hydrogens (tertiary/aromatic N) is 1. The number of hydrogen-bond acceptors (Lipinski definition) is 14. The predicted molar refractivity (Wildman–Crippen MR) is 354 cm³/mol. The molecule has 6 saturated carbocycles. The van der Waals surface area contributed by atoms with E-state index in [1.54, 1.807) is 41.5 Å². The Balaban J connectivity index is 0.000000193. The second-order valence-electron chi connectivity index (χ2n) is 29.5. The molecule has 93 heavy (non-hydrogen) atoms. The number of hydrogen-bond donors (Lipinski definition) is 1. The van der Waals surface area contributed by atoms with E-state index < -0.39 is 73.1 Å². The second-order valence-corrected chi connectivity index (χ2v) is 33.0. The van der Waals surface area contributed by atoms with E-state index in [1.165, 1.54) is 37.9 Å². The molecule has 1 saturated heterocycles. The van der Waals surface area contributed by atoms with Crippen LogP contribution in [0.4, 0.5) is 13.2 Å². The number of likely N-dealkylation sites (tertiary alicyclic amines) is 1. The maximum Gasteiger partial charge on any atom is 0.426 e.